The first kappa shape index (κ1) is 34.0. The van der Waals surface area contributed by atoms with Crippen molar-refractivity contribution in [2.45, 2.75) is 0 Å². The number of rotatable bonds is 8. The highest BCUT2D eigenvalue weighted by molar-refractivity contribution is 6.22. The van der Waals surface area contributed by atoms with Crippen molar-refractivity contribution in [3.05, 3.63) is 237 Å². The molecule has 0 N–H and O–H groups in total. The number of para-hydroxylation sites is 1. The van der Waals surface area contributed by atoms with Gasteiger partial charge in [-0.15, -0.1) is 0 Å². The molecule has 10 aromatic carbocycles. The van der Waals surface area contributed by atoms with Gasteiger partial charge in [0.2, 0.25) is 0 Å². The average molecular weight is 726 g/mol. The van der Waals surface area contributed by atoms with Gasteiger partial charge in [0.25, 0.3) is 0 Å². The Hall–Kier alpha value is -7.48. The van der Waals surface area contributed by atoms with Gasteiger partial charge in [-0.3, -0.25) is 0 Å². The van der Waals surface area contributed by atoms with E-state index in [1.165, 1.54) is 77.2 Å². The van der Waals surface area contributed by atoms with E-state index in [0.29, 0.717) is 0 Å². The Balaban J connectivity index is 1.12. The van der Waals surface area contributed by atoms with E-state index in [2.05, 4.69) is 241 Å². The molecule has 10 rings (SSSR count). The lowest BCUT2D eigenvalue weighted by Gasteiger charge is -2.27. The van der Waals surface area contributed by atoms with Crippen LogP contribution >= 0.6 is 0 Å². The van der Waals surface area contributed by atoms with Crippen molar-refractivity contribution in [3.8, 4) is 55.6 Å². The van der Waals surface area contributed by atoms with Crippen LogP contribution in [0.5, 0.6) is 0 Å². The first-order valence-corrected chi connectivity index (χ1v) is 19.6. The van der Waals surface area contributed by atoms with Crippen LogP contribution in [0.4, 0.5) is 17.1 Å². The van der Waals surface area contributed by atoms with Gasteiger partial charge in [-0.1, -0.05) is 194 Å². The van der Waals surface area contributed by atoms with Crippen LogP contribution in [0, 0.1) is 0 Å². The molecule has 0 aliphatic heterocycles. The average Bonchev–Trinajstić information content (AvgIpc) is 3.30. The van der Waals surface area contributed by atoms with Gasteiger partial charge in [-0.05, 0) is 120 Å². The first-order valence-electron chi connectivity index (χ1n) is 19.6. The zero-order valence-electron chi connectivity index (χ0n) is 31.5. The van der Waals surface area contributed by atoms with Crippen LogP contribution in [0.3, 0.4) is 0 Å². The number of hydrogen-bond acceptors (Lipinski definition) is 1. The molecule has 57 heavy (non-hydrogen) atoms. The quantitative estimate of drug-likeness (QED) is 0.141. The van der Waals surface area contributed by atoms with Crippen LogP contribution < -0.4 is 4.90 Å². The summed E-state index contributed by atoms with van der Waals surface area (Å²) in [5.41, 5.74) is 15.4. The smallest absolute Gasteiger partial charge is 0.0468 e. The van der Waals surface area contributed by atoms with Crippen molar-refractivity contribution < 1.29 is 0 Å². The molecule has 0 radical (unpaired) electrons. The van der Waals surface area contributed by atoms with Crippen molar-refractivity contribution in [3.63, 3.8) is 0 Å². The highest BCUT2D eigenvalue weighted by atomic mass is 15.1. The molecule has 0 aromatic heterocycles. The highest BCUT2D eigenvalue weighted by Gasteiger charge is 2.19. The highest BCUT2D eigenvalue weighted by Crippen LogP contribution is 2.46. The lowest BCUT2D eigenvalue weighted by Crippen LogP contribution is -2.10. The number of hydrogen-bond donors (Lipinski definition) is 0. The summed E-state index contributed by atoms with van der Waals surface area (Å²) in [6.45, 7) is 0. The molecule has 10 aromatic rings. The normalized spacial score (nSPS) is 11.2. The third-order valence-corrected chi connectivity index (χ3v) is 11.1. The molecular weight excluding hydrogens is 687 g/mol. The summed E-state index contributed by atoms with van der Waals surface area (Å²) in [4.78, 5) is 2.36. The van der Waals surface area contributed by atoms with Crippen LogP contribution in [0.25, 0.3) is 77.2 Å². The Labute approximate surface area is 334 Å². The first-order chi connectivity index (χ1) is 28.3. The summed E-state index contributed by atoms with van der Waals surface area (Å²) < 4.78 is 0. The zero-order valence-corrected chi connectivity index (χ0v) is 31.5. The maximum absolute atomic E-state index is 2.40. The minimum absolute atomic E-state index is 1.10. The number of anilines is 3. The fourth-order valence-electron chi connectivity index (χ4n) is 8.40. The standard InChI is InChI=1S/C56H39N/c1-6-18-41(19-7-1)49-37-35-48(39-53(49)42-20-8-2-9-21-42)57(46-26-14-5-15-27-46)47-33-30-40(31-34-47)45-32-36-51-50-28-16-17-29-52(50)55(43-22-10-3-11-23-43)56(54(51)38-45)44-24-12-4-13-25-44/h1-39H. The molecule has 0 bridgehead atoms. The van der Waals surface area contributed by atoms with E-state index in [0.717, 1.165) is 17.1 Å². The molecule has 0 aliphatic rings. The monoisotopic (exact) mass is 725 g/mol. The van der Waals surface area contributed by atoms with Crippen LogP contribution in [0.15, 0.2) is 237 Å². The summed E-state index contributed by atoms with van der Waals surface area (Å²) in [5.74, 6) is 0. The predicted molar refractivity (Wildman–Crippen MR) is 243 cm³/mol. The molecule has 1 nitrogen and oxygen atoms in total. The second kappa shape index (κ2) is 15.0. The van der Waals surface area contributed by atoms with E-state index in [4.69, 9.17) is 0 Å². The van der Waals surface area contributed by atoms with Crippen molar-refractivity contribution in [2.75, 3.05) is 4.90 Å². The number of benzene rings is 10. The van der Waals surface area contributed by atoms with Crippen LogP contribution in [-0.2, 0) is 0 Å². The van der Waals surface area contributed by atoms with Gasteiger partial charge in [-0.25, -0.2) is 0 Å². The molecule has 268 valence electrons. The van der Waals surface area contributed by atoms with Crippen LogP contribution in [0.1, 0.15) is 0 Å². The molecule has 0 heterocycles. The maximum Gasteiger partial charge on any atom is 0.0468 e. The summed E-state index contributed by atoms with van der Waals surface area (Å²) >= 11 is 0. The van der Waals surface area contributed by atoms with Gasteiger partial charge in [0.05, 0.1) is 0 Å². The SMILES string of the molecule is c1ccc(-c2ccc(N(c3ccccc3)c3ccc(-c4ccc5c(c4)c(-c4ccccc4)c(-c4ccccc4)c4ccccc45)cc3)cc2-c2ccccc2)cc1. The molecular formula is C56H39N. The second-order valence-corrected chi connectivity index (χ2v) is 14.5. The van der Waals surface area contributed by atoms with Gasteiger partial charge in [0, 0.05) is 17.1 Å². The van der Waals surface area contributed by atoms with Gasteiger partial charge < -0.3 is 4.90 Å². The summed E-state index contributed by atoms with van der Waals surface area (Å²) in [6, 6.07) is 85.5. The summed E-state index contributed by atoms with van der Waals surface area (Å²) in [7, 11) is 0. The van der Waals surface area contributed by atoms with E-state index in [9.17, 15) is 0 Å². The molecule has 0 atom stereocenters. The molecule has 0 aliphatic carbocycles. The topological polar surface area (TPSA) is 3.24 Å². The third-order valence-electron chi connectivity index (χ3n) is 11.1. The predicted octanol–water partition coefficient (Wildman–Crippen LogP) is 15.8. The van der Waals surface area contributed by atoms with Gasteiger partial charge in [0.1, 0.15) is 0 Å². The molecule has 0 saturated carbocycles. The largest absolute Gasteiger partial charge is 0.310 e. The summed E-state index contributed by atoms with van der Waals surface area (Å²) in [6.07, 6.45) is 0. The zero-order chi connectivity index (χ0) is 38.0. The minimum atomic E-state index is 1.10. The van der Waals surface area contributed by atoms with Crippen molar-refractivity contribution in [1.29, 1.82) is 0 Å². The molecule has 0 spiro atoms. The van der Waals surface area contributed by atoms with Crippen molar-refractivity contribution in [1.82, 2.24) is 0 Å². The molecule has 0 unspecified atom stereocenters. The third kappa shape index (κ3) is 6.46. The van der Waals surface area contributed by atoms with Crippen LogP contribution in [0.2, 0.25) is 0 Å². The minimum Gasteiger partial charge on any atom is -0.310 e. The van der Waals surface area contributed by atoms with Gasteiger partial charge >= 0.3 is 0 Å². The van der Waals surface area contributed by atoms with E-state index >= 15 is 0 Å². The lowest BCUT2D eigenvalue weighted by atomic mass is 9.84. The van der Waals surface area contributed by atoms with Gasteiger partial charge in [0.15, 0.2) is 0 Å². The van der Waals surface area contributed by atoms with Crippen molar-refractivity contribution in [2.24, 2.45) is 0 Å². The second-order valence-electron chi connectivity index (χ2n) is 14.5. The molecule has 0 amide bonds. The molecule has 1 heteroatoms. The van der Waals surface area contributed by atoms with Crippen LogP contribution in [-0.4, -0.2) is 0 Å². The molecule has 0 saturated heterocycles. The van der Waals surface area contributed by atoms with E-state index < -0.39 is 0 Å². The Morgan fingerprint density at radius 3 is 1.23 bits per heavy atom. The van der Waals surface area contributed by atoms with E-state index in [-0.39, 0.29) is 0 Å². The number of fused-ring (bicyclic) bond motifs is 3. The Kier molecular flexibility index (Phi) is 8.95. The summed E-state index contributed by atoms with van der Waals surface area (Å²) in [5, 5.41) is 5.03. The van der Waals surface area contributed by atoms with Crippen molar-refractivity contribution >= 4 is 38.6 Å². The fourth-order valence-corrected chi connectivity index (χ4v) is 8.40. The van der Waals surface area contributed by atoms with Gasteiger partial charge in [-0.2, -0.15) is 0 Å². The Bertz CT molecular complexity index is 2960. The van der Waals surface area contributed by atoms with E-state index in [1.807, 2.05) is 0 Å². The number of nitrogens with zero attached hydrogens (tertiary/aromatic N) is 1. The fraction of sp³-hybridized carbons (Fsp3) is 0. The maximum atomic E-state index is 2.40. The Morgan fingerprint density at radius 2 is 0.632 bits per heavy atom. The molecule has 0 fully saturated rings. The van der Waals surface area contributed by atoms with E-state index in [1.54, 1.807) is 0 Å². The Morgan fingerprint density at radius 1 is 0.211 bits per heavy atom. The lowest BCUT2D eigenvalue weighted by molar-refractivity contribution is 1.28.